The van der Waals surface area contributed by atoms with Gasteiger partial charge in [0, 0.05) is 13.0 Å². The second-order valence-corrected chi connectivity index (χ2v) is 5.22. The molecule has 6 nitrogen and oxygen atoms in total. The number of methoxy groups -OCH3 is 1. The van der Waals surface area contributed by atoms with Crippen molar-refractivity contribution in [2.75, 3.05) is 23.4 Å². The molecule has 0 radical (unpaired) electrons. The molecule has 0 aliphatic heterocycles. The van der Waals surface area contributed by atoms with Crippen LogP contribution in [0.2, 0.25) is 0 Å². The zero-order chi connectivity index (χ0) is 13.1. The van der Waals surface area contributed by atoms with Gasteiger partial charge in [0.05, 0.1) is 24.7 Å². The predicted molar refractivity (Wildman–Crippen MR) is 65.8 cm³/mol. The highest BCUT2D eigenvalue weighted by Gasteiger charge is 2.10. The summed E-state index contributed by atoms with van der Waals surface area (Å²) in [6, 6.07) is 4.68. The van der Waals surface area contributed by atoms with Crippen molar-refractivity contribution in [2.24, 2.45) is 0 Å². The van der Waals surface area contributed by atoms with Crippen molar-refractivity contribution < 1.29 is 17.9 Å². The second kappa shape index (κ2) is 5.05. The third-order valence-corrected chi connectivity index (χ3v) is 2.42. The Morgan fingerprint density at radius 1 is 1.29 bits per heavy atom. The van der Waals surface area contributed by atoms with E-state index < -0.39 is 10.0 Å². The quantitative estimate of drug-likeness (QED) is 0.844. The smallest absolute Gasteiger partial charge is 0.229 e. The van der Waals surface area contributed by atoms with Crippen molar-refractivity contribution >= 4 is 27.3 Å². The van der Waals surface area contributed by atoms with Gasteiger partial charge in [-0.25, -0.2) is 8.42 Å². The first-order valence-electron chi connectivity index (χ1n) is 4.75. The van der Waals surface area contributed by atoms with Gasteiger partial charge < -0.3 is 10.1 Å². The molecule has 1 rings (SSSR count). The van der Waals surface area contributed by atoms with E-state index in [1.807, 2.05) is 0 Å². The minimum atomic E-state index is -3.42. The lowest BCUT2D eigenvalue weighted by Crippen LogP contribution is -2.14. The zero-order valence-electron chi connectivity index (χ0n) is 9.77. The maximum Gasteiger partial charge on any atom is 0.229 e. The number of hydrogen-bond donors (Lipinski definition) is 2. The summed E-state index contributed by atoms with van der Waals surface area (Å²) in [4.78, 5) is 11.0. The Morgan fingerprint density at radius 3 is 2.41 bits per heavy atom. The summed E-state index contributed by atoms with van der Waals surface area (Å²) in [5, 5.41) is 2.53. The molecule has 1 aromatic rings. The molecule has 1 aromatic carbocycles. The highest BCUT2D eigenvalue weighted by molar-refractivity contribution is 7.92. The number of nitrogens with one attached hydrogen (secondary N) is 2. The van der Waals surface area contributed by atoms with E-state index in [4.69, 9.17) is 4.74 Å². The van der Waals surface area contributed by atoms with E-state index >= 15 is 0 Å². The number of amides is 1. The summed E-state index contributed by atoms with van der Waals surface area (Å²) in [5.74, 6) is 0.206. The Balaban J connectivity index is 3.15. The summed E-state index contributed by atoms with van der Waals surface area (Å²) in [7, 11) is -1.95. The Kier molecular flexibility index (Phi) is 3.95. The molecule has 0 atom stereocenters. The van der Waals surface area contributed by atoms with Crippen LogP contribution in [0.25, 0.3) is 0 Å². The molecule has 0 bridgehead atoms. The van der Waals surface area contributed by atoms with Crippen molar-refractivity contribution in [1.82, 2.24) is 0 Å². The normalized spacial score (nSPS) is 10.8. The van der Waals surface area contributed by atoms with Gasteiger partial charge in [0.25, 0.3) is 0 Å². The Bertz CT molecular complexity index is 525. The Labute approximate surface area is 100 Å². The predicted octanol–water partition coefficient (Wildman–Crippen LogP) is 1.03. The average Bonchev–Trinajstić information content (AvgIpc) is 2.17. The fraction of sp³-hybridized carbons (Fsp3) is 0.300. The van der Waals surface area contributed by atoms with Crippen molar-refractivity contribution in [2.45, 2.75) is 6.92 Å². The molecule has 0 aliphatic carbocycles. The van der Waals surface area contributed by atoms with E-state index in [1.165, 1.54) is 20.1 Å². The molecule has 0 unspecified atom stereocenters. The lowest BCUT2D eigenvalue weighted by molar-refractivity contribution is -0.114. The minimum Gasteiger partial charge on any atom is -0.497 e. The van der Waals surface area contributed by atoms with Crippen LogP contribution in [-0.2, 0) is 14.8 Å². The van der Waals surface area contributed by atoms with Crippen molar-refractivity contribution in [3.05, 3.63) is 18.2 Å². The van der Waals surface area contributed by atoms with E-state index in [1.54, 1.807) is 12.1 Å². The van der Waals surface area contributed by atoms with E-state index in [2.05, 4.69) is 10.0 Å². The average molecular weight is 258 g/mol. The zero-order valence-corrected chi connectivity index (χ0v) is 10.6. The minimum absolute atomic E-state index is 0.266. The molecule has 17 heavy (non-hydrogen) atoms. The van der Waals surface area contributed by atoms with E-state index in [0.29, 0.717) is 11.4 Å². The third kappa shape index (κ3) is 4.31. The number of carbonyl (C=O) groups excluding carboxylic acids is 1. The molecule has 1 amide bonds. The number of carbonyl (C=O) groups is 1. The molecule has 7 heteroatoms. The molecular weight excluding hydrogens is 244 g/mol. The third-order valence-electron chi connectivity index (χ3n) is 1.83. The van der Waals surface area contributed by atoms with Gasteiger partial charge in [-0.3, -0.25) is 9.52 Å². The van der Waals surface area contributed by atoms with Crippen molar-refractivity contribution in [3.63, 3.8) is 0 Å². The Morgan fingerprint density at radius 2 is 1.94 bits per heavy atom. The summed E-state index contributed by atoms with van der Waals surface area (Å²) >= 11 is 0. The molecule has 94 valence electrons. The van der Waals surface area contributed by atoms with Crippen molar-refractivity contribution in [1.29, 1.82) is 0 Å². The van der Waals surface area contributed by atoms with E-state index in [0.717, 1.165) is 6.26 Å². The molecule has 0 saturated heterocycles. The number of ether oxygens (including phenoxy) is 1. The maximum atomic E-state index is 11.2. The van der Waals surface area contributed by atoms with Crippen LogP contribution >= 0.6 is 0 Å². The van der Waals surface area contributed by atoms with Gasteiger partial charge >= 0.3 is 0 Å². The fourth-order valence-corrected chi connectivity index (χ4v) is 1.80. The van der Waals surface area contributed by atoms with Gasteiger partial charge in [0.2, 0.25) is 15.9 Å². The first-order valence-corrected chi connectivity index (χ1v) is 6.64. The molecule has 0 aliphatic rings. The van der Waals surface area contributed by atoms with Gasteiger partial charge in [-0.15, -0.1) is 0 Å². The molecule has 2 N–H and O–H groups in total. The van der Waals surface area contributed by atoms with Crippen LogP contribution in [0, 0.1) is 0 Å². The molecule has 0 spiro atoms. The lowest BCUT2D eigenvalue weighted by atomic mass is 10.2. The summed E-state index contributed by atoms with van der Waals surface area (Å²) < 4.78 is 29.6. The van der Waals surface area contributed by atoms with E-state index in [-0.39, 0.29) is 11.6 Å². The van der Waals surface area contributed by atoms with Gasteiger partial charge in [-0.2, -0.15) is 0 Å². The highest BCUT2D eigenvalue weighted by Crippen LogP contribution is 2.27. The van der Waals surface area contributed by atoms with Crippen LogP contribution in [0.15, 0.2) is 18.2 Å². The molecule has 0 saturated carbocycles. The van der Waals surface area contributed by atoms with Crippen molar-refractivity contribution in [3.8, 4) is 5.75 Å². The SMILES string of the molecule is COc1ccc(NC(C)=O)c(NS(C)(=O)=O)c1. The molecular formula is C10H14N2O4S. The fourth-order valence-electron chi connectivity index (χ4n) is 1.23. The van der Waals surface area contributed by atoms with Gasteiger partial charge in [0.15, 0.2) is 0 Å². The van der Waals surface area contributed by atoms with E-state index in [9.17, 15) is 13.2 Å². The van der Waals surface area contributed by atoms with Gasteiger partial charge in [-0.1, -0.05) is 0 Å². The monoisotopic (exact) mass is 258 g/mol. The number of benzene rings is 1. The van der Waals surface area contributed by atoms with Gasteiger partial charge in [0.1, 0.15) is 5.75 Å². The standard InChI is InChI=1S/C10H14N2O4S/c1-7(13)11-9-5-4-8(16-2)6-10(9)12-17(3,14)15/h4-6,12H,1-3H3,(H,11,13). The molecule has 0 heterocycles. The molecule has 0 aromatic heterocycles. The first-order chi connectivity index (χ1) is 7.81. The van der Waals surface area contributed by atoms with Crippen LogP contribution in [-0.4, -0.2) is 27.7 Å². The Hall–Kier alpha value is -1.76. The van der Waals surface area contributed by atoms with Crippen LogP contribution in [0.4, 0.5) is 11.4 Å². The largest absolute Gasteiger partial charge is 0.497 e. The lowest BCUT2D eigenvalue weighted by Gasteiger charge is -2.12. The summed E-state index contributed by atoms with van der Waals surface area (Å²) in [6.07, 6.45) is 1.03. The maximum absolute atomic E-state index is 11.2. The summed E-state index contributed by atoms with van der Waals surface area (Å²) in [6.45, 7) is 1.34. The number of rotatable bonds is 4. The van der Waals surface area contributed by atoms with Crippen LogP contribution in [0.1, 0.15) is 6.92 Å². The van der Waals surface area contributed by atoms with Crippen LogP contribution in [0.5, 0.6) is 5.75 Å². The molecule has 0 fully saturated rings. The first kappa shape index (κ1) is 13.3. The topological polar surface area (TPSA) is 84.5 Å². The second-order valence-electron chi connectivity index (χ2n) is 3.47. The summed E-state index contributed by atoms with van der Waals surface area (Å²) in [5.41, 5.74) is 0.644. The highest BCUT2D eigenvalue weighted by atomic mass is 32.2. The van der Waals surface area contributed by atoms with Gasteiger partial charge in [-0.05, 0) is 12.1 Å². The van der Waals surface area contributed by atoms with Crippen LogP contribution < -0.4 is 14.8 Å². The number of hydrogen-bond acceptors (Lipinski definition) is 4. The number of anilines is 2. The number of sulfonamides is 1. The van der Waals surface area contributed by atoms with Crippen LogP contribution in [0.3, 0.4) is 0 Å².